The van der Waals surface area contributed by atoms with Gasteiger partial charge >= 0.3 is 0 Å². The number of sulfonamides is 1. The number of carbonyl (C=O) groups is 1. The average Bonchev–Trinajstić information content (AvgIpc) is 2.79. The van der Waals surface area contributed by atoms with Crippen LogP contribution >= 0.6 is 0 Å². The van der Waals surface area contributed by atoms with Crippen molar-refractivity contribution >= 4 is 22.1 Å². The monoisotopic (exact) mass is 477 g/mol. The van der Waals surface area contributed by atoms with Crippen molar-refractivity contribution in [2.75, 3.05) is 7.05 Å². The second-order valence-electron chi connectivity index (χ2n) is 9.34. The Morgan fingerprint density at radius 1 is 0.941 bits per heavy atom. The van der Waals surface area contributed by atoms with Gasteiger partial charge in [-0.3, -0.25) is 4.79 Å². The van der Waals surface area contributed by atoms with Crippen molar-refractivity contribution in [2.45, 2.75) is 44.6 Å². The maximum Gasteiger partial charge on any atom is 0.271 e. The Morgan fingerprint density at radius 2 is 1.53 bits per heavy atom. The average molecular weight is 478 g/mol. The van der Waals surface area contributed by atoms with E-state index >= 15 is 0 Å². The summed E-state index contributed by atoms with van der Waals surface area (Å²) in [5.41, 5.74) is 6.94. The summed E-state index contributed by atoms with van der Waals surface area (Å²) >= 11 is 0. The maximum atomic E-state index is 12.8. The van der Waals surface area contributed by atoms with E-state index < -0.39 is 10.0 Å². The van der Waals surface area contributed by atoms with Crippen LogP contribution in [0.5, 0.6) is 0 Å². The molecule has 0 radical (unpaired) electrons. The highest BCUT2D eigenvalue weighted by Crippen LogP contribution is 2.22. The molecule has 0 aliphatic rings. The molecule has 3 aromatic carbocycles. The molecule has 0 spiro atoms. The SMILES string of the molecule is Cc1ccc(S(=O)(=O)N(C)Cc2ccc(C(=O)NN=Cc3ccc(C(C)(C)C)cc3)cc2)cc1. The molecule has 0 fully saturated rings. The fourth-order valence-corrected chi connectivity index (χ4v) is 4.45. The van der Waals surface area contributed by atoms with E-state index in [2.05, 4.69) is 43.4 Å². The van der Waals surface area contributed by atoms with Crippen molar-refractivity contribution in [3.8, 4) is 0 Å². The predicted molar refractivity (Wildman–Crippen MR) is 136 cm³/mol. The van der Waals surface area contributed by atoms with Gasteiger partial charge in [-0.1, -0.05) is 74.9 Å². The molecule has 178 valence electrons. The normalized spacial score (nSPS) is 12.3. The van der Waals surface area contributed by atoms with Crippen LogP contribution in [0.25, 0.3) is 0 Å². The van der Waals surface area contributed by atoms with E-state index in [-0.39, 0.29) is 22.8 Å². The van der Waals surface area contributed by atoms with Crippen LogP contribution in [0.1, 0.15) is 53.4 Å². The predicted octanol–water partition coefficient (Wildman–Crippen LogP) is 4.88. The highest BCUT2D eigenvalue weighted by molar-refractivity contribution is 7.89. The Kier molecular flexibility index (Phi) is 7.69. The van der Waals surface area contributed by atoms with Gasteiger partial charge < -0.3 is 0 Å². The molecular formula is C27H31N3O3S. The highest BCUT2D eigenvalue weighted by Gasteiger charge is 2.20. The summed E-state index contributed by atoms with van der Waals surface area (Å²) < 4.78 is 26.8. The third-order valence-corrected chi connectivity index (χ3v) is 7.32. The number of hydrazone groups is 1. The molecule has 0 aromatic heterocycles. The third-order valence-electron chi connectivity index (χ3n) is 5.51. The molecule has 0 atom stereocenters. The number of benzene rings is 3. The van der Waals surface area contributed by atoms with E-state index in [4.69, 9.17) is 0 Å². The smallest absolute Gasteiger partial charge is 0.267 e. The number of nitrogens with zero attached hydrogens (tertiary/aromatic N) is 2. The van der Waals surface area contributed by atoms with E-state index in [0.717, 1.165) is 16.7 Å². The molecule has 0 aliphatic carbocycles. The molecule has 3 rings (SSSR count). The quantitative estimate of drug-likeness (QED) is 0.389. The van der Waals surface area contributed by atoms with Crippen molar-refractivity contribution in [3.63, 3.8) is 0 Å². The molecule has 0 unspecified atom stereocenters. The Hall–Kier alpha value is -3.29. The second-order valence-corrected chi connectivity index (χ2v) is 11.4. The zero-order valence-corrected chi connectivity index (χ0v) is 21.1. The van der Waals surface area contributed by atoms with Crippen molar-refractivity contribution in [1.82, 2.24) is 9.73 Å². The fourth-order valence-electron chi connectivity index (χ4n) is 3.29. The van der Waals surface area contributed by atoms with E-state index in [1.807, 2.05) is 19.1 Å². The van der Waals surface area contributed by atoms with Gasteiger partial charge in [-0.05, 0) is 53.3 Å². The molecule has 0 saturated heterocycles. The van der Waals surface area contributed by atoms with Gasteiger partial charge in [0.15, 0.2) is 0 Å². The summed E-state index contributed by atoms with van der Waals surface area (Å²) in [5, 5.41) is 4.04. The van der Waals surface area contributed by atoms with Gasteiger partial charge in [0.25, 0.3) is 5.91 Å². The van der Waals surface area contributed by atoms with Gasteiger partial charge in [-0.15, -0.1) is 0 Å². The van der Waals surface area contributed by atoms with E-state index in [9.17, 15) is 13.2 Å². The lowest BCUT2D eigenvalue weighted by atomic mass is 9.87. The van der Waals surface area contributed by atoms with Crippen LogP contribution in [0.15, 0.2) is 82.8 Å². The molecule has 0 saturated carbocycles. The summed E-state index contributed by atoms with van der Waals surface area (Å²) in [6.07, 6.45) is 1.60. The first kappa shape index (κ1) is 25.3. The molecule has 34 heavy (non-hydrogen) atoms. The molecule has 6 nitrogen and oxygen atoms in total. The molecule has 0 bridgehead atoms. The van der Waals surface area contributed by atoms with Crippen molar-refractivity contribution in [2.24, 2.45) is 5.10 Å². The second kappa shape index (κ2) is 10.3. The van der Waals surface area contributed by atoms with Crippen LogP contribution in [0.3, 0.4) is 0 Å². The lowest BCUT2D eigenvalue weighted by Crippen LogP contribution is -2.26. The lowest BCUT2D eigenvalue weighted by Gasteiger charge is -2.18. The maximum absolute atomic E-state index is 12.8. The van der Waals surface area contributed by atoms with Crippen molar-refractivity contribution < 1.29 is 13.2 Å². The summed E-state index contributed by atoms with van der Waals surface area (Å²) in [4.78, 5) is 12.6. The number of carbonyl (C=O) groups excluding carboxylic acids is 1. The molecular weight excluding hydrogens is 446 g/mol. The Balaban J connectivity index is 1.58. The minimum absolute atomic E-state index is 0.0791. The molecule has 3 aromatic rings. The number of aryl methyl sites for hydroxylation is 1. The van der Waals surface area contributed by atoms with Crippen molar-refractivity contribution in [1.29, 1.82) is 0 Å². The number of nitrogens with one attached hydrogen (secondary N) is 1. The number of hydrogen-bond acceptors (Lipinski definition) is 4. The summed E-state index contributed by atoms with van der Waals surface area (Å²) in [5.74, 6) is -0.338. The highest BCUT2D eigenvalue weighted by atomic mass is 32.2. The summed E-state index contributed by atoms with van der Waals surface area (Å²) in [6, 6.07) is 21.6. The van der Waals surface area contributed by atoms with Gasteiger partial charge in [0, 0.05) is 19.2 Å². The van der Waals surface area contributed by atoms with Gasteiger partial charge in [-0.25, -0.2) is 13.8 Å². The Bertz CT molecular complexity index is 1260. The number of amides is 1. The minimum Gasteiger partial charge on any atom is -0.267 e. The largest absolute Gasteiger partial charge is 0.271 e. The summed E-state index contributed by atoms with van der Waals surface area (Å²) in [7, 11) is -2.05. The number of hydrogen-bond donors (Lipinski definition) is 1. The standard InChI is InChI=1S/C27H31N3O3S/c1-20-6-16-25(17-7-20)34(32,33)30(5)19-22-8-12-23(13-9-22)26(31)29-28-18-21-10-14-24(15-11-21)27(2,3)4/h6-18H,19H2,1-5H3,(H,29,31). The first-order chi connectivity index (χ1) is 16.0. The van der Waals surface area contributed by atoms with Crippen molar-refractivity contribution in [3.05, 3.63) is 101 Å². The van der Waals surface area contributed by atoms with Crippen LogP contribution in [0.2, 0.25) is 0 Å². The third kappa shape index (κ3) is 6.40. The Morgan fingerprint density at radius 3 is 2.09 bits per heavy atom. The molecule has 0 aliphatic heterocycles. The van der Waals surface area contributed by atoms with Crippen LogP contribution in [0.4, 0.5) is 0 Å². The topological polar surface area (TPSA) is 78.8 Å². The molecule has 1 amide bonds. The first-order valence-corrected chi connectivity index (χ1v) is 12.5. The van der Waals surface area contributed by atoms with Gasteiger partial charge in [0.05, 0.1) is 11.1 Å². The van der Waals surface area contributed by atoms with E-state index in [0.29, 0.717) is 5.56 Å². The molecule has 0 heterocycles. The number of rotatable bonds is 7. The van der Waals surface area contributed by atoms with Crippen LogP contribution in [-0.4, -0.2) is 31.9 Å². The van der Waals surface area contributed by atoms with Gasteiger partial charge in [-0.2, -0.15) is 9.41 Å². The zero-order valence-electron chi connectivity index (χ0n) is 20.2. The molecule has 7 heteroatoms. The van der Waals surface area contributed by atoms with Crippen LogP contribution in [-0.2, 0) is 22.0 Å². The van der Waals surface area contributed by atoms with Gasteiger partial charge in [0.1, 0.15) is 0 Å². The fraction of sp³-hybridized carbons (Fsp3) is 0.259. The lowest BCUT2D eigenvalue weighted by molar-refractivity contribution is 0.0955. The van der Waals surface area contributed by atoms with Crippen LogP contribution < -0.4 is 5.43 Å². The van der Waals surface area contributed by atoms with E-state index in [1.54, 1.807) is 61.8 Å². The Labute approximate surface area is 202 Å². The molecule has 1 N–H and O–H groups in total. The zero-order chi connectivity index (χ0) is 24.9. The minimum atomic E-state index is -3.59. The van der Waals surface area contributed by atoms with Gasteiger partial charge in [0.2, 0.25) is 10.0 Å². The van der Waals surface area contributed by atoms with Crippen LogP contribution in [0, 0.1) is 6.92 Å². The van der Waals surface area contributed by atoms with E-state index in [1.165, 1.54) is 9.87 Å². The summed E-state index contributed by atoms with van der Waals surface area (Å²) in [6.45, 7) is 8.57. The first-order valence-electron chi connectivity index (χ1n) is 11.0.